The largest absolute Gasteiger partial charge is 0.399 e. The zero-order chi connectivity index (χ0) is 14.0. The lowest BCUT2D eigenvalue weighted by atomic mass is 10.1. The van der Waals surface area contributed by atoms with Gasteiger partial charge in [-0.05, 0) is 56.7 Å². The lowest BCUT2D eigenvalue weighted by Gasteiger charge is -2.13. The highest BCUT2D eigenvalue weighted by molar-refractivity contribution is 7.12. The van der Waals surface area contributed by atoms with Gasteiger partial charge in [0.1, 0.15) is 0 Å². The molecule has 1 amide bonds. The molecule has 1 aromatic carbocycles. The molecule has 1 atom stereocenters. The van der Waals surface area contributed by atoms with E-state index < -0.39 is 0 Å². The van der Waals surface area contributed by atoms with E-state index in [4.69, 9.17) is 5.73 Å². The minimum atomic E-state index is -0.0592. The van der Waals surface area contributed by atoms with Crippen LogP contribution in [0, 0.1) is 13.8 Å². The summed E-state index contributed by atoms with van der Waals surface area (Å²) < 4.78 is 0. The average Bonchev–Trinajstić information content (AvgIpc) is 2.75. The number of amides is 1. The molecule has 3 N–H and O–H groups in total. The highest BCUT2D eigenvalue weighted by atomic mass is 32.1. The van der Waals surface area contributed by atoms with Gasteiger partial charge in [0.05, 0.1) is 6.04 Å². The van der Waals surface area contributed by atoms with Gasteiger partial charge in [0, 0.05) is 21.0 Å². The number of aryl methyl sites for hydroxylation is 2. The van der Waals surface area contributed by atoms with Crippen LogP contribution in [0.4, 0.5) is 5.69 Å². The van der Waals surface area contributed by atoms with Crippen molar-refractivity contribution in [2.75, 3.05) is 5.73 Å². The number of carbonyl (C=O) groups excluding carboxylic acids is 1. The molecule has 1 aromatic heterocycles. The molecule has 2 rings (SSSR count). The van der Waals surface area contributed by atoms with Crippen molar-refractivity contribution in [3.8, 4) is 0 Å². The lowest BCUT2D eigenvalue weighted by molar-refractivity contribution is 0.0940. The summed E-state index contributed by atoms with van der Waals surface area (Å²) in [5, 5.41) is 3.02. The van der Waals surface area contributed by atoms with Crippen molar-refractivity contribution in [2.45, 2.75) is 26.8 Å². The maximum atomic E-state index is 12.2. The van der Waals surface area contributed by atoms with E-state index in [2.05, 4.69) is 24.4 Å². The summed E-state index contributed by atoms with van der Waals surface area (Å²) in [4.78, 5) is 14.6. The number of carbonyl (C=O) groups is 1. The van der Waals surface area contributed by atoms with E-state index in [1.54, 1.807) is 23.5 Å². The number of hydrogen-bond donors (Lipinski definition) is 2. The van der Waals surface area contributed by atoms with Gasteiger partial charge in [-0.15, -0.1) is 11.3 Å². The summed E-state index contributed by atoms with van der Waals surface area (Å²) in [6, 6.07) is 9.48. The van der Waals surface area contributed by atoms with Crippen LogP contribution in [0.3, 0.4) is 0 Å². The van der Waals surface area contributed by atoms with Crippen LogP contribution in [-0.4, -0.2) is 5.91 Å². The average molecular weight is 274 g/mol. The fraction of sp³-hybridized carbons (Fsp3) is 0.267. The molecule has 0 aliphatic heterocycles. The van der Waals surface area contributed by atoms with E-state index in [0.717, 1.165) is 5.56 Å². The molecule has 0 aliphatic rings. The fourth-order valence-electron chi connectivity index (χ4n) is 1.97. The SMILES string of the molecule is Cc1ccc(C(C)NC(=O)c2ccc(N)cc2C)s1. The number of nitrogens with two attached hydrogens (primary N) is 1. The molecule has 0 saturated carbocycles. The van der Waals surface area contributed by atoms with Gasteiger partial charge >= 0.3 is 0 Å². The van der Waals surface area contributed by atoms with Crippen LogP contribution in [0.1, 0.15) is 38.6 Å². The number of rotatable bonds is 3. The van der Waals surface area contributed by atoms with Crippen LogP contribution >= 0.6 is 11.3 Å². The van der Waals surface area contributed by atoms with Crippen molar-refractivity contribution in [1.29, 1.82) is 0 Å². The van der Waals surface area contributed by atoms with Crippen molar-refractivity contribution < 1.29 is 4.79 Å². The van der Waals surface area contributed by atoms with E-state index in [-0.39, 0.29) is 11.9 Å². The number of anilines is 1. The fourth-order valence-corrected chi connectivity index (χ4v) is 2.85. The first-order valence-corrected chi connectivity index (χ1v) is 7.02. The molecule has 4 heteroatoms. The summed E-state index contributed by atoms with van der Waals surface area (Å²) in [5.41, 5.74) is 7.94. The van der Waals surface area contributed by atoms with E-state index in [1.165, 1.54) is 9.75 Å². The van der Waals surface area contributed by atoms with Gasteiger partial charge in [-0.25, -0.2) is 0 Å². The van der Waals surface area contributed by atoms with Crippen molar-refractivity contribution in [1.82, 2.24) is 5.32 Å². The number of hydrogen-bond acceptors (Lipinski definition) is 3. The Morgan fingerprint density at radius 2 is 2.00 bits per heavy atom. The first-order valence-electron chi connectivity index (χ1n) is 6.20. The molecule has 0 saturated heterocycles. The van der Waals surface area contributed by atoms with Crippen LogP contribution in [0.2, 0.25) is 0 Å². The van der Waals surface area contributed by atoms with E-state index in [1.807, 2.05) is 19.9 Å². The minimum Gasteiger partial charge on any atom is -0.399 e. The Bertz CT molecular complexity index is 604. The minimum absolute atomic E-state index is 0.0168. The summed E-state index contributed by atoms with van der Waals surface area (Å²) in [6.07, 6.45) is 0. The second-order valence-corrected chi connectivity index (χ2v) is 6.04. The number of benzene rings is 1. The zero-order valence-electron chi connectivity index (χ0n) is 11.4. The third-order valence-electron chi connectivity index (χ3n) is 3.03. The molecular weight excluding hydrogens is 256 g/mol. The number of thiophene rings is 1. The predicted octanol–water partition coefficient (Wildman–Crippen LogP) is 3.44. The third kappa shape index (κ3) is 3.15. The van der Waals surface area contributed by atoms with Gasteiger partial charge in [-0.3, -0.25) is 4.79 Å². The number of nitrogens with one attached hydrogen (secondary N) is 1. The van der Waals surface area contributed by atoms with E-state index in [0.29, 0.717) is 11.3 Å². The quantitative estimate of drug-likeness (QED) is 0.842. The van der Waals surface area contributed by atoms with Gasteiger partial charge in [-0.2, -0.15) is 0 Å². The Kier molecular flexibility index (Phi) is 3.90. The van der Waals surface area contributed by atoms with Crippen LogP contribution in [0.25, 0.3) is 0 Å². The molecule has 0 aliphatic carbocycles. The zero-order valence-corrected chi connectivity index (χ0v) is 12.2. The molecule has 19 heavy (non-hydrogen) atoms. The Morgan fingerprint density at radius 3 is 2.58 bits per heavy atom. The molecule has 2 aromatic rings. The van der Waals surface area contributed by atoms with Crippen molar-refractivity contribution in [2.24, 2.45) is 0 Å². The Labute approximate surface area is 117 Å². The second-order valence-electron chi connectivity index (χ2n) is 4.72. The topological polar surface area (TPSA) is 55.1 Å². The molecular formula is C15H18N2OS. The molecule has 100 valence electrons. The maximum absolute atomic E-state index is 12.2. The summed E-state index contributed by atoms with van der Waals surface area (Å²) in [5.74, 6) is -0.0592. The monoisotopic (exact) mass is 274 g/mol. The smallest absolute Gasteiger partial charge is 0.252 e. The molecule has 1 unspecified atom stereocenters. The molecule has 0 bridgehead atoms. The van der Waals surface area contributed by atoms with Crippen molar-refractivity contribution >= 4 is 22.9 Å². The van der Waals surface area contributed by atoms with Gasteiger partial charge in [0.15, 0.2) is 0 Å². The van der Waals surface area contributed by atoms with Gasteiger partial charge in [-0.1, -0.05) is 0 Å². The second kappa shape index (κ2) is 5.45. The first-order chi connectivity index (χ1) is 8.97. The summed E-state index contributed by atoms with van der Waals surface area (Å²) in [6.45, 7) is 5.95. The Balaban J connectivity index is 2.12. The van der Waals surface area contributed by atoms with Gasteiger partial charge in [0.2, 0.25) is 0 Å². The van der Waals surface area contributed by atoms with E-state index in [9.17, 15) is 4.79 Å². The summed E-state index contributed by atoms with van der Waals surface area (Å²) in [7, 11) is 0. The van der Waals surface area contributed by atoms with Crippen molar-refractivity contribution in [3.05, 3.63) is 51.2 Å². The highest BCUT2D eigenvalue weighted by Gasteiger charge is 2.14. The maximum Gasteiger partial charge on any atom is 0.252 e. The lowest BCUT2D eigenvalue weighted by Crippen LogP contribution is -2.26. The van der Waals surface area contributed by atoms with Gasteiger partial charge in [0.25, 0.3) is 5.91 Å². The van der Waals surface area contributed by atoms with Crippen LogP contribution < -0.4 is 11.1 Å². The predicted molar refractivity (Wildman–Crippen MR) is 80.5 cm³/mol. The normalized spacial score (nSPS) is 12.2. The molecule has 0 radical (unpaired) electrons. The Morgan fingerprint density at radius 1 is 1.26 bits per heavy atom. The molecule has 3 nitrogen and oxygen atoms in total. The Hall–Kier alpha value is -1.81. The standard InChI is InChI=1S/C15H18N2OS/c1-9-8-12(16)5-6-13(9)15(18)17-11(3)14-7-4-10(2)19-14/h4-8,11H,16H2,1-3H3,(H,17,18). The van der Waals surface area contributed by atoms with E-state index >= 15 is 0 Å². The van der Waals surface area contributed by atoms with Crippen LogP contribution in [0.15, 0.2) is 30.3 Å². The highest BCUT2D eigenvalue weighted by Crippen LogP contribution is 2.23. The van der Waals surface area contributed by atoms with Crippen LogP contribution in [-0.2, 0) is 0 Å². The molecule has 0 spiro atoms. The van der Waals surface area contributed by atoms with Crippen LogP contribution in [0.5, 0.6) is 0 Å². The van der Waals surface area contributed by atoms with Crippen molar-refractivity contribution in [3.63, 3.8) is 0 Å². The molecule has 0 fully saturated rings. The van der Waals surface area contributed by atoms with Gasteiger partial charge < -0.3 is 11.1 Å². The molecule has 1 heterocycles. The number of nitrogen functional groups attached to an aromatic ring is 1. The summed E-state index contributed by atoms with van der Waals surface area (Å²) >= 11 is 1.70. The first kappa shape index (κ1) is 13.6. The third-order valence-corrected chi connectivity index (χ3v) is 4.21.